The second-order valence-electron chi connectivity index (χ2n) is 5.69. The molecular weight excluding hydrogens is 318 g/mol. The van der Waals surface area contributed by atoms with Crippen LogP contribution in [-0.2, 0) is 0 Å². The summed E-state index contributed by atoms with van der Waals surface area (Å²) in [5, 5.41) is 3.22. The quantitative estimate of drug-likeness (QED) is 0.708. The molecule has 1 aliphatic rings. The number of thiophene rings is 1. The highest BCUT2D eigenvalue weighted by Crippen LogP contribution is 2.33. The van der Waals surface area contributed by atoms with Crippen LogP contribution in [0.4, 0.5) is 5.82 Å². The predicted molar refractivity (Wildman–Crippen MR) is 99.8 cm³/mol. The van der Waals surface area contributed by atoms with E-state index in [2.05, 4.69) is 44.5 Å². The van der Waals surface area contributed by atoms with E-state index >= 15 is 0 Å². The number of fused-ring (bicyclic) bond motifs is 1. The van der Waals surface area contributed by atoms with Crippen molar-refractivity contribution in [3.8, 4) is 5.75 Å². The minimum absolute atomic E-state index is 0.688. The normalized spacial score (nSPS) is 14.7. The third-order valence-corrected chi connectivity index (χ3v) is 5.10. The number of hydrogen-bond acceptors (Lipinski definition) is 5. The van der Waals surface area contributed by atoms with E-state index in [0.29, 0.717) is 6.61 Å². The molecule has 0 amide bonds. The average molecular weight is 337 g/mol. The minimum Gasteiger partial charge on any atom is -0.493 e. The van der Waals surface area contributed by atoms with Crippen molar-refractivity contribution < 1.29 is 4.74 Å². The molecule has 0 spiro atoms. The van der Waals surface area contributed by atoms with Crippen molar-refractivity contribution in [2.45, 2.75) is 13.3 Å². The van der Waals surface area contributed by atoms with Crippen LogP contribution in [0.2, 0.25) is 0 Å². The van der Waals surface area contributed by atoms with Gasteiger partial charge in [0.25, 0.3) is 0 Å². The molecule has 5 heteroatoms. The summed E-state index contributed by atoms with van der Waals surface area (Å²) in [6.07, 6.45) is 4.94. The Balaban J connectivity index is 1.61. The molecule has 0 radical (unpaired) electrons. The van der Waals surface area contributed by atoms with E-state index in [1.54, 1.807) is 17.7 Å². The molecular formula is C19H19N3OS. The molecule has 1 aromatic carbocycles. The van der Waals surface area contributed by atoms with Gasteiger partial charge in [-0.05, 0) is 36.4 Å². The number of benzene rings is 1. The first-order valence-electron chi connectivity index (χ1n) is 8.21. The van der Waals surface area contributed by atoms with E-state index < -0.39 is 0 Å². The zero-order valence-corrected chi connectivity index (χ0v) is 14.4. The summed E-state index contributed by atoms with van der Waals surface area (Å²) in [6, 6.07) is 10.4. The monoisotopic (exact) mass is 337 g/mol. The van der Waals surface area contributed by atoms with E-state index in [9.17, 15) is 0 Å². The summed E-state index contributed by atoms with van der Waals surface area (Å²) in [5.74, 6) is 2.01. The highest BCUT2D eigenvalue weighted by Gasteiger charge is 2.18. The molecule has 24 heavy (non-hydrogen) atoms. The van der Waals surface area contributed by atoms with Crippen molar-refractivity contribution >= 4 is 32.9 Å². The van der Waals surface area contributed by atoms with Gasteiger partial charge < -0.3 is 9.64 Å². The van der Waals surface area contributed by atoms with Crippen LogP contribution in [0.15, 0.2) is 48.1 Å². The topological polar surface area (TPSA) is 38.2 Å². The lowest BCUT2D eigenvalue weighted by atomic mass is 9.98. The van der Waals surface area contributed by atoms with Crippen molar-refractivity contribution in [3.63, 3.8) is 0 Å². The lowest BCUT2D eigenvalue weighted by Gasteiger charge is -2.28. The Labute approximate surface area is 145 Å². The van der Waals surface area contributed by atoms with Crippen molar-refractivity contribution in [1.82, 2.24) is 9.97 Å². The molecule has 1 aliphatic heterocycles. The van der Waals surface area contributed by atoms with E-state index in [1.807, 2.05) is 19.1 Å². The lowest BCUT2D eigenvalue weighted by Crippen LogP contribution is -2.29. The fourth-order valence-corrected chi connectivity index (χ4v) is 3.88. The standard InChI is InChI=1S/C19H19N3OS/c1-2-23-17-6-4-3-5-15(17)14-7-10-22(11-8-14)18-16-9-12-24-19(16)21-13-20-18/h3-7,9,12-13H,2,8,10-11H2,1H3. The number of para-hydroxylation sites is 1. The summed E-state index contributed by atoms with van der Waals surface area (Å²) in [7, 11) is 0. The molecule has 4 rings (SSSR count). The summed E-state index contributed by atoms with van der Waals surface area (Å²) >= 11 is 1.66. The third kappa shape index (κ3) is 2.76. The van der Waals surface area contributed by atoms with Crippen LogP contribution in [0, 0.1) is 0 Å². The van der Waals surface area contributed by atoms with Crippen molar-refractivity contribution in [2.24, 2.45) is 0 Å². The van der Waals surface area contributed by atoms with Crippen LogP contribution in [0.3, 0.4) is 0 Å². The van der Waals surface area contributed by atoms with Crippen LogP contribution < -0.4 is 9.64 Å². The molecule has 122 valence electrons. The van der Waals surface area contributed by atoms with Gasteiger partial charge in [0.05, 0.1) is 12.0 Å². The van der Waals surface area contributed by atoms with Gasteiger partial charge >= 0.3 is 0 Å². The van der Waals surface area contributed by atoms with Crippen LogP contribution in [0.5, 0.6) is 5.75 Å². The molecule has 0 saturated carbocycles. The van der Waals surface area contributed by atoms with Crippen LogP contribution in [0.25, 0.3) is 15.8 Å². The van der Waals surface area contributed by atoms with E-state index in [4.69, 9.17) is 4.74 Å². The maximum Gasteiger partial charge on any atom is 0.141 e. The van der Waals surface area contributed by atoms with Gasteiger partial charge in [0.2, 0.25) is 0 Å². The van der Waals surface area contributed by atoms with Gasteiger partial charge in [0, 0.05) is 18.7 Å². The Bertz CT molecular complexity index is 887. The molecule has 0 saturated heterocycles. The fourth-order valence-electron chi connectivity index (χ4n) is 3.15. The molecule has 4 nitrogen and oxygen atoms in total. The zero-order valence-electron chi connectivity index (χ0n) is 13.6. The number of aromatic nitrogens is 2. The predicted octanol–water partition coefficient (Wildman–Crippen LogP) is 4.38. The largest absolute Gasteiger partial charge is 0.493 e. The van der Waals surface area contributed by atoms with Crippen molar-refractivity contribution in [2.75, 3.05) is 24.6 Å². The van der Waals surface area contributed by atoms with Gasteiger partial charge in [-0.3, -0.25) is 0 Å². The highest BCUT2D eigenvalue weighted by atomic mass is 32.1. The molecule has 0 N–H and O–H groups in total. The second kappa shape index (κ2) is 6.61. The Morgan fingerprint density at radius 2 is 2.12 bits per heavy atom. The Kier molecular flexibility index (Phi) is 4.17. The van der Waals surface area contributed by atoms with Crippen LogP contribution in [0.1, 0.15) is 18.9 Å². The molecule has 2 aromatic heterocycles. The van der Waals surface area contributed by atoms with Crippen molar-refractivity contribution in [1.29, 1.82) is 0 Å². The molecule has 3 aromatic rings. The lowest BCUT2D eigenvalue weighted by molar-refractivity contribution is 0.339. The summed E-state index contributed by atoms with van der Waals surface area (Å²) in [4.78, 5) is 12.2. The molecule has 0 bridgehead atoms. The number of ether oxygens (including phenoxy) is 1. The first kappa shape index (κ1) is 15.1. The zero-order chi connectivity index (χ0) is 16.4. The first-order chi connectivity index (χ1) is 11.9. The molecule has 0 atom stereocenters. The summed E-state index contributed by atoms with van der Waals surface area (Å²) in [5.41, 5.74) is 2.56. The first-order valence-corrected chi connectivity index (χ1v) is 9.09. The Morgan fingerprint density at radius 3 is 2.96 bits per heavy atom. The maximum absolute atomic E-state index is 5.78. The van der Waals surface area contributed by atoms with E-state index in [-0.39, 0.29) is 0 Å². The van der Waals surface area contributed by atoms with Crippen molar-refractivity contribution in [3.05, 3.63) is 53.7 Å². The van der Waals surface area contributed by atoms with Gasteiger partial charge in [-0.15, -0.1) is 11.3 Å². The average Bonchev–Trinajstić information content (AvgIpc) is 3.11. The van der Waals surface area contributed by atoms with Gasteiger partial charge in [-0.1, -0.05) is 24.3 Å². The number of nitrogens with zero attached hydrogens (tertiary/aromatic N) is 3. The smallest absolute Gasteiger partial charge is 0.141 e. The third-order valence-electron chi connectivity index (χ3n) is 4.28. The fraction of sp³-hybridized carbons (Fsp3) is 0.263. The van der Waals surface area contributed by atoms with Crippen LogP contribution in [-0.4, -0.2) is 29.7 Å². The molecule has 0 aliphatic carbocycles. The van der Waals surface area contributed by atoms with E-state index in [0.717, 1.165) is 41.3 Å². The summed E-state index contributed by atoms with van der Waals surface area (Å²) < 4.78 is 5.78. The van der Waals surface area contributed by atoms with Gasteiger partial charge in [-0.2, -0.15) is 0 Å². The van der Waals surface area contributed by atoms with Gasteiger partial charge in [-0.25, -0.2) is 9.97 Å². The SMILES string of the molecule is CCOc1ccccc1C1=CCN(c2ncnc3sccc23)CC1. The molecule has 0 unspecified atom stereocenters. The summed E-state index contributed by atoms with van der Waals surface area (Å²) in [6.45, 7) is 4.52. The molecule has 0 fully saturated rings. The number of hydrogen-bond donors (Lipinski definition) is 0. The Morgan fingerprint density at radius 1 is 1.21 bits per heavy atom. The number of anilines is 1. The van der Waals surface area contributed by atoms with Gasteiger partial charge in [0.15, 0.2) is 0 Å². The van der Waals surface area contributed by atoms with Crippen LogP contribution >= 0.6 is 11.3 Å². The number of rotatable bonds is 4. The maximum atomic E-state index is 5.78. The van der Waals surface area contributed by atoms with E-state index in [1.165, 1.54) is 11.1 Å². The second-order valence-corrected chi connectivity index (χ2v) is 6.59. The highest BCUT2D eigenvalue weighted by molar-refractivity contribution is 7.16. The molecule has 3 heterocycles. The Hall–Kier alpha value is -2.40. The van der Waals surface area contributed by atoms with Gasteiger partial charge in [0.1, 0.15) is 22.7 Å². The minimum atomic E-state index is 0.688.